The summed E-state index contributed by atoms with van der Waals surface area (Å²) in [4.78, 5) is 19.4. The molecule has 0 atom stereocenters. The first kappa shape index (κ1) is 19.3. The molecule has 2 aliphatic rings. The van der Waals surface area contributed by atoms with E-state index >= 15 is 0 Å². The molecule has 5 heteroatoms. The number of likely N-dealkylation sites (tertiary alicyclic amines) is 1. The maximum absolute atomic E-state index is 13.0. The molecular weight excluding hydrogens is 384 g/mol. The molecule has 2 aromatic carbocycles. The third-order valence-corrected chi connectivity index (χ3v) is 6.35. The highest BCUT2D eigenvalue weighted by Crippen LogP contribution is 2.40. The van der Waals surface area contributed by atoms with Crippen LogP contribution >= 0.6 is 0 Å². The summed E-state index contributed by atoms with van der Waals surface area (Å²) in [5.41, 5.74) is 5.01. The first-order valence-corrected chi connectivity index (χ1v) is 10.7. The van der Waals surface area contributed by atoms with E-state index in [1.165, 1.54) is 18.4 Å². The fourth-order valence-electron chi connectivity index (χ4n) is 4.35. The van der Waals surface area contributed by atoms with E-state index < -0.39 is 0 Å². The average Bonchev–Trinajstić information content (AvgIpc) is 3.63. The Labute approximate surface area is 182 Å². The summed E-state index contributed by atoms with van der Waals surface area (Å²) in [6.07, 6.45) is 4.25. The number of amides is 2. The molecule has 0 radical (unpaired) electrons. The fourth-order valence-corrected chi connectivity index (χ4v) is 4.35. The normalized spacial score (nSPS) is 16.8. The van der Waals surface area contributed by atoms with Crippen LogP contribution in [-0.4, -0.2) is 29.0 Å². The highest BCUT2D eigenvalue weighted by atomic mass is 16.2. The number of rotatable bonds is 4. The van der Waals surface area contributed by atoms with Crippen LogP contribution in [-0.2, 0) is 5.41 Å². The van der Waals surface area contributed by atoms with Crippen LogP contribution in [0.15, 0.2) is 66.9 Å². The Balaban J connectivity index is 1.36. The molecule has 2 amide bonds. The van der Waals surface area contributed by atoms with Gasteiger partial charge in [-0.3, -0.25) is 4.98 Å². The lowest BCUT2D eigenvalue weighted by molar-refractivity contribution is 0.112. The van der Waals surface area contributed by atoms with Crippen LogP contribution < -0.4 is 5.32 Å². The zero-order valence-corrected chi connectivity index (χ0v) is 17.5. The molecule has 2 heterocycles. The van der Waals surface area contributed by atoms with Crippen LogP contribution in [0.25, 0.3) is 11.1 Å². The SMILES string of the molecule is CC1(c2ccccc2)CN(C(=O)Nc2c(C#N)cccc2-c2ccc(C3CC3)nc2)C1. The van der Waals surface area contributed by atoms with Crippen LogP contribution in [0.2, 0.25) is 0 Å². The van der Waals surface area contributed by atoms with Gasteiger partial charge >= 0.3 is 6.03 Å². The monoisotopic (exact) mass is 408 g/mol. The average molecular weight is 409 g/mol. The number of nitriles is 1. The summed E-state index contributed by atoms with van der Waals surface area (Å²) in [5.74, 6) is 0.587. The highest BCUT2D eigenvalue weighted by Gasteiger charge is 2.42. The van der Waals surface area contributed by atoms with Gasteiger partial charge in [0.1, 0.15) is 6.07 Å². The number of aromatic nitrogens is 1. The minimum atomic E-state index is -0.181. The van der Waals surface area contributed by atoms with Crippen molar-refractivity contribution in [2.24, 2.45) is 0 Å². The molecular formula is C26H24N4O. The lowest BCUT2D eigenvalue weighted by Gasteiger charge is -2.48. The van der Waals surface area contributed by atoms with E-state index in [-0.39, 0.29) is 11.4 Å². The molecule has 31 heavy (non-hydrogen) atoms. The van der Waals surface area contributed by atoms with Crippen molar-refractivity contribution in [3.63, 3.8) is 0 Å². The summed E-state index contributed by atoms with van der Waals surface area (Å²) in [7, 11) is 0. The van der Waals surface area contributed by atoms with E-state index in [9.17, 15) is 10.1 Å². The Morgan fingerprint density at radius 2 is 1.87 bits per heavy atom. The number of urea groups is 1. The molecule has 1 aliphatic heterocycles. The van der Waals surface area contributed by atoms with E-state index in [0.29, 0.717) is 30.3 Å². The third kappa shape index (κ3) is 3.66. The molecule has 0 unspecified atom stereocenters. The quantitative estimate of drug-likeness (QED) is 0.637. The second kappa shape index (κ2) is 7.55. The highest BCUT2D eigenvalue weighted by molar-refractivity contribution is 5.97. The third-order valence-electron chi connectivity index (χ3n) is 6.35. The molecule has 0 bridgehead atoms. The van der Waals surface area contributed by atoms with Gasteiger partial charge in [-0.25, -0.2) is 4.79 Å². The van der Waals surface area contributed by atoms with Crippen LogP contribution in [0.4, 0.5) is 10.5 Å². The number of hydrogen-bond acceptors (Lipinski definition) is 3. The van der Waals surface area contributed by atoms with Crippen molar-refractivity contribution in [2.45, 2.75) is 31.1 Å². The van der Waals surface area contributed by atoms with Crippen LogP contribution in [0.3, 0.4) is 0 Å². The number of carbonyl (C=O) groups is 1. The van der Waals surface area contributed by atoms with Gasteiger partial charge in [-0.05, 0) is 30.5 Å². The lowest BCUT2D eigenvalue weighted by atomic mass is 9.76. The number of anilines is 1. The van der Waals surface area contributed by atoms with Crippen molar-refractivity contribution < 1.29 is 4.79 Å². The molecule has 1 saturated heterocycles. The van der Waals surface area contributed by atoms with Crippen molar-refractivity contribution in [3.05, 3.63) is 83.7 Å². The van der Waals surface area contributed by atoms with E-state index in [4.69, 9.17) is 0 Å². The summed E-state index contributed by atoms with van der Waals surface area (Å²) < 4.78 is 0. The number of nitrogens with zero attached hydrogens (tertiary/aromatic N) is 3. The Bertz CT molecular complexity index is 1150. The van der Waals surface area contributed by atoms with E-state index in [2.05, 4.69) is 41.5 Å². The lowest BCUT2D eigenvalue weighted by Crippen LogP contribution is -2.60. The summed E-state index contributed by atoms with van der Waals surface area (Å²) in [6.45, 7) is 3.46. The van der Waals surface area contributed by atoms with E-state index in [1.54, 1.807) is 11.0 Å². The van der Waals surface area contributed by atoms with Crippen LogP contribution in [0, 0.1) is 11.3 Å². The minimum Gasteiger partial charge on any atom is -0.323 e. The minimum absolute atomic E-state index is 0.0429. The molecule has 2 fully saturated rings. The predicted octanol–water partition coefficient (Wildman–Crippen LogP) is 5.30. The van der Waals surface area contributed by atoms with Gasteiger partial charge < -0.3 is 10.2 Å². The van der Waals surface area contributed by atoms with Gasteiger partial charge in [0, 0.05) is 47.4 Å². The molecule has 154 valence electrons. The number of pyridine rings is 1. The Kier molecular flexibility index (Phi) is 4.71. The molecule has 1 saturated carbocycles. The van der Waals surface area contributed by atoms with Crippen molar-refractivity contribution in [1.82, 2.24) is 9.88 Å². The number of nitrogens with one attached hydrogen (secondary N) is 1. The second-order valence-electron chi connectivity index (χ2n) is 8.80. The fraction of sp³-hybridized carbons (Fsp3) is 0.269. The first-order chi connectivity index (χ1) is 15.1. The smallest absolute Gasteiger partial charge is 0.321 e. The van der Waals surface area contributed by atoms with Gasteiger partial charge in [0.05, 0.1) is 11.3 Å². The van der Waals surface area contributed by atoms with Crippen LogP contribution in [0.5, 0.6) is 0 Å². The van der Waals surface area contributed by atoms with Crippen LogP contribution in [0.1, 0.15) is 42.5 Å². The molecule has 1 N–H and O–H groups in total. The van der Waals surface area contributed by atoms with Gasteiger partial charge in [-0.15, -0.1) is 0 Å². The van der Waals surface area contributed by atoms with Crippen molar-refractivity contribution in [1.29, 1.82) is 5.26 Å². The van der Waals surface area contributed by atoms with E-state index in [1.807, 2.05) is 42.6 Å². The molecule has 0 spiro atoms. The van der Waals surface area contributed by atoms with Gasteiger partial charge in [-0.1, -0.05) is 55.5 Å². The summed E-state index contributed by atoms with van der Waals surface area (Å²) in [5, 5.41) is 12.6. The molecule has 5 rings (SSSR count). The van der Waals surface area contributed by atoms with Crippen molar-refractivity contribution >= 4 is 11.7 Å². The molecule has 1 aliphatic carbocycles. The standard InChI is InChI=1S/C26H24N4O/c1-26(21-7-3-2-4-8-21)16-30(17-26)25(31)29-24-19(14-27)6-5-9-22(24)20-12-13-23(28-15-20)18-10-11-18/h2-9,12-13,15,18H,10-11,16-17H2,1H3,(H,29,31). The second-order valence-corrected chi connectivity index (χ2v) is 8.80. The molecule has 5 nitrogen and oxygen atoms in total. The van der Waals surface area contributed by atoms with Gasteiger partial charge in [0.25, 0.3) is 0 Å². The van der Waals surface area contributed by atoms with Crippen molar-refractivity contribution in [3.8, 4) is 17.2 Å². The Morgan fingerprint density at radius 1 is 1.10 bits per heavy atom. The first-order valence-electron chi connectivity index (χ1n) is 10.7. The van der Waals surface area contributed by atoms with Gasteiger partial charge in [0.15, 0.2) is 0 Å². The molecule has 3 aromatic rings. The predicted molar refractivity (Wildman–Crippen MR) is 121 cm³/mol. The summed E-state index contributed by atoms with van der Waals surface area (Å²) in [6, 6.07) is 21.9. The topological polar surface area (TPSA) is 69.0 Å². The maximum atomic E-state index is 13.0. The van der Waals surface area contributed by atoms with E-state index in [0.717, 1.165) is 16.8 Å². The Hall–Kier alpha value is -3.65. The number of hydrogen-bond donors (Lipinski definition) is 1. The van der Waals surface area contributed by atoms with Gasteiger partial charge in [0.2, 0.25) is 0 Å². The maximum Gasteiger partial charge on any atom is 0.321 e. The number of benzene rings is 2. The zero-order chi connectivity index (χ0) is 21.4. The number of carbonyl (C=O) groups excluding carboxylic acids is 1. The summed E-state index contributed by atoms with van der Waals surface area (Å²) >= 11 is 0. The Morgan fingerprint density at radius 3 is 2.52 bits per heavy atom. The number of para-hydroxylation sites is 1. The largest absolute Gasteiger partial charge is 0.323 e. The van der Waals surface area contributed by atoms with Gasteiger partial charge in [-0.2, -0.15) is 5.26 Å². The zero-order valence-electron chi connectivity index (χ0n) is 17.5. The van der Waals surface area contributed by atoms with Crippen molar-refractivity contribution in [2.75, 3.05) is 18.4 Å². The molecule has 1 aromatic heterocycles.